The standard InChI is InChI=1S/C12H10N4S/c13-12-4-2-9(6-14-12)16-8-1-3-10-11(5-8)17-7-15-10/h1-7,16H,(H2,13,14). The second-order valence-electron chi connectivity index (χ2n) is 3.63. The summed E-state index contributed by atoms with van der Waals surface area (Å²) in [7, 11) is 0. The molecule has 0 aliphatic carbocycles. The van der Waals surface area contributed by atoms with Crippen molar-refractivity contribution in [3.63, 3.8) is 0 Å². The van der Waals surface area contributed by atoms with Gasteiger partial charge in [-0.15, -0.1) is 11.3 Å². The Kier molecular flexibility index (Phi) is 2.38. The van der Waals surface area contributed by atoms with Gasteiger partial charge in [-0.3, -0.25) is 0 Å². The highest BCUT2D eigenvalue weighted by Gasteiger charge is 1.99. The van der Waals surface area contributed by atoms with Crippen molar-refractivity contribution >= 4 is 38.7 Å². The van der Waals surface area contributed by atoms with Gasteiger partial charge in [0.2, 0.25) is 0 Å². The number of pyridine rings is 1. The first-order chi connectivity index (χ1) is 8.31. The number of nitrogens with one attached hydrogen (secondary N) is 1. The van der Waals surface area contributed by atoms with E-state index in [9.17, 15) is 0 Å². The molecule has 2 aromatic heterocycles. The van der Waals surface area contributed by atoms with Gasteiger partial charge in [-0.2, -0.15) is 0 Å². The largest absolute Gasteiger partial charge is 0.384 e. The lowest BCUT2D eigenvalue weighted by atomic mass is 10.3. The van der Waals surface area contributed by atoms with E-state index in [0.29, 0.717) is 5.82 Å². The van der Waals surface area contributed by atoms with Crippen LogP contribution < -0.4 is 11.1 Å². The van der Waals surface area contributed by atoms with Crippen molar-refractivity contribution in [3.8, 4) is 0 Å². The molecule has 0 aliphatic heterocycles. The van der Waals surface area contributed by atoms with Gasteiger partial charge < -0.3 is 11.1 Å². The molecule has 0 atom stereocenters. The molecule has 0 amide bonds. The third-order valence-corrected chi connectivity index (χ3v) is 3.20. The first-order valence-corrected chi connectivity index (χ1v) is 6.01. The summed E-state index contributed by atoms with van der Waals surface area (Å²) in [6.07, 6.45) is 1.71. The molecule has 0 bridgehead atoms. The Morgan fingerprint density at radius 2 is 1.94 bits per heavy atom. The van der Waals surface area contributed by atoms with Crippen LogP contribution in [-0.4, -0.2) is 9.97 Å². The second-order valence-corrected chi connectivity index (χ2v) is 4.52. The number of nitrogen functional groups attached to an aromatic ring is 1. The predicted molar refractivity (Wildman–Crippen MR) is 71.6 cm³/mol. The topological polar surface area (TPSA) is 63.8 Å². The lowest BCUT2D eigenvalue weighted by molar-refractivity contribution is 1.33. The lowest BCUT2D eigenvalue weighted by Crippen LogP contribution is -1.93. The van der Waals surface area contributed by atoms with Crippen LogP contribution >= 0.6 is 11.3 Å². The number of hydrogen-bond acceptors (Lipinski definition) is 5. The number of aromatic nitrogens is 2. The van der Waals surface area contributed by atoms with Gasteiger partial charge in [-0.1, -0.05) is 0 Å². The Bertz CT molecular complexity index is 645. The summed E-state index contributed by atoms with van der Waals surface area (Å²) in [5.74, 6) is 0.522. The molecule has 0 saturated carbocycles. The van der Waals surface area contributed by atoms with Crippen LogP contribution in [-0.2, 0) is 0 Å². The highest BCUT2D eigenvalue weighted by molar-refractivity contribution is 7.16. The number of hydrogen-bond donors (Lipinski definition) is 2. The van der Waals surface area contributed by atoms with E-state index in [1.165, 1.54) is 4.70 Å². The van der Waals surface area contributed by atoms with Crippen LogP contribution in [0.25, 0.3) is 10.2 Å². The van der Waals surface area contributed by atoms with Crippen molar-refractivity contribution < 1.29 is 0 Å². The fourth-order valence-corrected chi connectivity index (χ4v) is 2.30. The van der Waals surface area contributed by atoms with E-state index in [0.717, 1.165) is 16.9 Å². The summed E-state index contributed by atoms with van der Waals surface area (Å²) in [5.41, 5.74) is 10.3. The Morgan fingerprint density at radius 1 is 1.06 bits per heavy atom. The SMILES string of the molecule is Nc1ccc(Nc2ccc3ncsc3c2)cn1. The third kappa shape index (κ3) is 2.05. The number of rotatable bonds is 2. The van der Waals surface area contributed by atoms with Crippen molar-refractivity contribution in [2.75, 3.05) is 11.1 Å². The van der Waals surface area contributed by atoms with E-state index in [1.807, 2.05) is 23.7 Å². The van der Waals surface area contributed by atoms with E-state index >= 15 is 0 Å². The highest BCUT2D eigenvalue weighted by atomic mass is 32.1. The zero-order valence-corrected chi connectivity index (χ0v) is 9.74. The third-order valence-electron chi connectivity index (χ3n) is 2.41. The molecule has 3 aromatic rings. The fourth-order valence-electron chi connectivity index (χ4n) is 1.58. The smallest absolute Gasteiger partial charge is 0.123 e. The number of thiazole rings is 1. The van der Waals surface area contributed by atoms with Crippen LogP contribution in [0.3, 0.4) is 0 Å². The molecule has 0 aliphatic rings. The zero-order chi connectivity index (χ0) is 11.7. The van der Waals surface area contributed by atoms with E-state index in [-0.39, 0.29) is 0 Å². The van der Waals surface area contributed by atoms with Crippen LogP contribution in [0.4, 0.5) is 17.2 Å². The average molecular weight is 242 g/mol. The van der Waals surface area contributed by atoms with Crippen LogP contribution in [0.1, 0.15) is 0 Å². The molecule has 17 heavy (non-hydrogen) atoms. The van der Waals surface area contributed by atoms with Crippen LogP contribution in [0.15, 0.2) is 42.0 Å². The number of nitrogens with two attached hydrogens (primary N) is 1. The quantitative estimate of drug-likeness (QED) is 0.725. The maximum Gasteiger partial charge on any atom is 0.123 e. The normalized spacial score (nSPS) is 10.6. The minimum atomic E-state index is 0.522. The van der Waals surface area contributed by atoms with E-state index < -0.39 is 0 Å². The Hall–Kier alpha value is -2.14. The van der Waals surface area contributed by atoms with Gasteiger partial charge in [0, 0.05) is 5.69 Å². The first kappa shape index (κ1) is 10.0. The van der Waals surface area contributed by atoms with Crippen LogP contribution in [0, 0.1) is 0 Å². The van der Waals surface area contributed by atoms with Crippen molar-refractivity contribution in [3.05, 3.63) is 42.0 Å². The summed E-state index contributed by atoms with van der Waals surface area (Å²) >= 11 is 1.63. The number of anilines is 3. The molecule has 0 unspecified atom stereocenters. The maximum atomic E-state index is 5.54. The number of fused-ring (bicyclic) bond motifs is 1. The summed E-state index contributed by atoms with van der Waals surface area (Å²) in [6.45, 7) is 0. The molecule has 0 fully saturated rings. The molecule has 4 nitrogen and oxygen atoms in total. The summed E-state index contributed by atoms with van der Waals surface area (Å²) in [6, 6.07) is 9.74. The molecule has 84 valence electrons. The monoisotopic (exact) mass is 242 g/mol. The van der Waals surface area contributed by atoms with E-state index in [2.05, 4.69) is 21.4 Å². The fraction of sp³-hybridized carbons (Fsp3) is 0. The molecule has 3 rings (SSSR count). The second kappa shape index (κ2) is 4.03. The Labute approximate surface area is 102 Å². The summed E-state index contributed by atoms with van der Waals surface area (Å²) in [4.78, 5) is 8.27. The molecule has 5 heteroatoms. The van der Waals surface area contributed by atoms with Crippen molar-refractivity contribution in [1.82, 2.24) is 9.97 Å². The first-order valence-electron chi connectivity index (χ1n) is 5.13. The minimum Gasteiger partial charge on any atom is -0.384 e. The van der Waals surface area contributed by atoms with Gasteiger partial charge in [-0.25, -0.2) is 9.97 Å². The predicted octanol–water partition coefficient (Wildman–Crippen LogP) is 3.02. The van der Waals surface area contributed by atoms with Gasteiger partial charge in [0.25, 0.3) is 0 Å². The number of benzene rings is 1. The average Bonchev–Trinajstić information content (AvgIpc) is 2.79. The molecule has 0 saturated heterocycles. The van der Waals surface area contributed by atoms with Gasteiger partial charge in [-0.05, 0) is 30.3 Å². The van der Waals surface area contributed by atoms with Gasteiger partial charge in [0.05, 0.1) is 27.6 Å². The molecule has 0 radical (unpaired) electrons. The van der Waals surface area contributed by atoms with E-state index in [4.69, 9.17) is 5.73 Å². The van der Waals surface area contributed by atoms with Crippen molar-refractivity contribution in [1.29, 1.82) is 0 Å². The van der Waals surface area contributed by atoms with Crippen molar-refractivity contribution in [2.24, 2.45) is 0 Å². The molecule has 1 aromatic carbocycles. The zero-order valence-electron chi connectivity index (χ0n) is 8.92. The van der Waals surface area contributed by atoms with Gasteiger partial charge >= 0.3 is 0 Å². The summed E-state index contributed by atoms with van der Waals surface area (Å²) in [5, 5.41) is 3.27. The van der Waals surface area contributed by atoms with Crippen LogP contribution in [0.5, 0.6) is 0 Å². The van der Waals surface area contributed by atoms with Crippen LogP contribution in [0.2, 0.25) is 0 Å². The molecular formula is C12H10N4S. The molecule has 2 heterocycles. The van der Waals surface area contributed by atoms with Gasteiger partial charge in [0.1, 0.15) is 5.82 Å². The Morgan fingerprint density at radius 3 is 2.76 bits per heavy atom. The van der Waals surface area contributed by atoms with Crippen molar-refractivity contribution in [2.45, 2.75) is 0 Å². The Balaban J connectivity index is 1.91. The molecular weight excluding hydrogens is 232 g/mol. The molecule has 3 N–H and O–H groups in total. The molecule has 0 spiro atoms. The maximum absolute atomic E-state index is 5.54. The minimum absolute atomic E-state index is 0.522. The summed E-state index contributed by atoms with van der Waals surface area (Å²) < 4.78 is 1.17. The van der Waals surface area contributed by atoms with Gasteiger partial charge in [0.15, 0.2) is 0 Å². The van der Waals surface area contributed by atoms with E-state index in [1.54, 1.807) is 23.6 Å². The number of nitrogens with zero attached hydrogens (tertiary/aromatic N) is 2. The lowest BCUT2D eigenvalue weighted by Gasteiger charge is -2.05. The highest BCUT2D eigenvalue weighted by Crippen LogP contribution is 2.24.